The number of benzene rings is 1. The second-order valence-electron chi connectivity index (χ2n) is 13.3. The van der Waals surface area contributed by atoms with E-state index in [1.807, 2.05) is 19.9 Å². The Balaban J connectivity index is 1.29. The number of thiophene rings is 1. The van der Waals surface area contributed by atoms with Crippen LogP contribution in [0.25, 0.3) is 0 Å². The third-order valence-corrected chi connectivity index (χ3v) is 11.2. The molecule has 0 saturated carbocycles. The molecule has 2 bridgehead atoms. The van der Waals surface area contributed by atoms with E-state index in [1.165, 1.54) is 22.3 Å². The fourth-order valence-electron chi connectivity index (χ4n) is 7.12. The standard InChI is InChI=1S/C34H44FN5O5S/c1-21(2)26-19-39(33(44)28-18-23-9-16-45-34(30(23)46-28)10-13-36-14-11-34)20-29(41)37-12-3-5-22-7-8-25(35)24(17-22)32(43)40-15-4-6-27(40)31(42)38-26/h7-8,17-18,21,26-27,36H,3-6,9-16,19-20H2,1-2H3,(H,37,41)(H,38,42)/t26-,27-/m0/s1. The quantitative estimate of drug-likeness (QED) is 0.459. The van der Waals surface area contributed by atoms with E-state index in [-0.39, 0.29) is 47.9 Å². The van der Waals surface area contributed by atoms with Gasteiger partial charge in [-0.1, -0.05) is 19.9 Å². The highest BCUT2D eigenvalue weighted by Crippen LogP contribution is 2.44. The summed E-state index contributed by atoms with van der Waals surface area (Å²) >= 11 is 1.46. The van der Waals surface area contributed by atoms with Gasteiger partial charge in [-0.05, 0) is 93.3 Å². The van der Waals surface area contributed by atoms with Gasteiger partial charge in [0, 0.05) is 30.6 Å². The third kappa shape index (κ3) is 6.70. The van der Waals surface area contributed by atoms with E-state index in [4.69, 9.17) is 4.74 Å². The molecule has 3 N–H and O–H groups in total. The van der Waals surface area contributed by atoms with Crippen LogP contribution in [0.3, 0.4) is 0 Å². The number of carbonyl (C=O) groups excluding carboxylic acids is 4. The number of amides is 4. The molecule has 1 aromatic carbocycles. The first kappa shape index (κ1) is 32.6. The van der Waals surface area contributed by atoms with Crippen molar-refractivity contribution in [3.8, 4) is 0 Å². The van der Waals surface area contributed by atoms with Gasteiger partial charge in [-0.3, -0.25) is 19.2 Å². The Kier molecular flexibility index (Phi) is 9.77. The first-order valence-electron chi connectivity index (χ1n) is 16.6. The Morgan fingerprint density at radius 1 is 1.09 bits per heavy atom. The lowest BCUT2D eigenvalue weighted by atomic mass is 9.86. The number of halogens is 1. The molecule has 1 aromatic heterocycles. The number of ether oxygens (including phenoxy) is 1. The predicted molar refractivity (Wildman–Crippen MR) is 172 cm³/mol. The van der Waals surface area contributed by atoms with Crippen LogP contribution in [0.2, 0.25) is 0 Å². The predicted octanol–water partition coefficient (Wildman–Crippen LogP) is 2.99. The largest absolute Gasteiger partial charge is 0.369 e. The molecule has 0 aliphatic carbocycles. The topological polar surface area (TPSA) is 120 Å². The number of piperidine rings is 1. The third-order valence-electron chi connectivity index (χ3n) is 9.81. The summed E-state index contributed by atoms with van der Waals surface area (Å²) in [6.45, 7) is 6.93. The fourth-order valence-corrected chi connectivity index (χ4v) is 8.50. The summed E-state index contributed by atoms with van der Waals surface area (Å²) in [6, 6.07) is 5.23. The molecule has 6 rings (SSSR count). The molecule has 10 nitrogen and oxygen atoms in total. The fraction of sp³-hybridized carbons (Fsp3) is 0.588. The summed E-state index contributed by atoms with van der Waals surface area (Å²) in [5.41, 5.74) is 1.49. The van der Waals surface area contributed by atoms with E-state index in [0.29, 0.717) is 50.3 Å². The van der Waals surface area contributed by atoms with E-state index < -0.39 is 23.8 Å². The smallest absolute Gasteiger partial charge is 0.264 e. The van der Waals surface area contributed by atoms with Gasteiger partial charge in [-0.25, -0.2) is 4.39 Å². The zero-order chi connectivity index (χ0) is 32.4. The summed E-state index contributed by atoms with van der Waals surface area (Å²) in [5, 5.41) is 9.42. The van der Waals surface area contributed by atoms with Gasteiger partial charge in [0.1, 0.15) is 17.5 Å². The van der Waals surface area contributed by atoms with Gasteiger partial charge in [0.2, 0.25) is 11.8 Å². The number of hydrogen-bond acceptors (Lipinski definition) is 7. The molecule has 2 fully saturated rings. The lowest BCUT2D eigenvalue weighted by Crippen LogP contribution is -2.54. The number of nitrogens with zero attached hydrogens (tertiary/aromatic N) is 2. The maximum absolute atomic E-state index is 14.9. The van der Waals surface area contributed by atoms with Crippen LogP contribution in [0.15, 0.2) is 24.3 Å². The van der Waals surface area contributed by atoms with Gasteiger partial charge in [-0.2, -0.15) is 0 Å². The minimum absolute atomic E-state index is 0.0435. The number of aryl methyl sites for hydroxylation is 1. The molecule has 2 saturated heterocycles. The van der Waals surface area contributed by atoms with Crippen LogP contribution in [-0.4, -0.2) is 91.4 Å². The van der Waals surface area contributed by atoms with Gasteiger partial charge >= 0.3 is 0 Å². The SMILES string of the molecule is CC(C)[C@@H]1CN(C(=O)c2cc3c(s2)C2(CCNCC2)OCC3)CC(=O)NCCCc2ccc(F)c(c2)C(=O)N2CCC[C@H]2C(=O)N1. The van der Waals surface area contributed by atoms with Crippen LogP contribution in [0.5, 0.6) is 0 Å². The van der Waals surface area contributed by atoms with Crippen LogP contribution in [0.1, 0.15) is 82.0 Å². The Bertz CT molecular complexity index is 1490. The average Bonchev–Trinajstić information content (AvgIpc) is 3.71. The van der Waals surface area contributed by atoms with Gasteiger partial charge in [0.25, 0.3) is 11.8 Å². The molecule has 12 heteroatoms. The number of carbonyl (C=O) groups is 4. The minimum atomic E-state index is -0.745. The number of nitrogens with one attached hydrogen (secondary N) is 3. The van der Waals surface area contributed by atoms with Crippen molar-refractivity contribution < 1.29 is 28.3 Å². The Labute approximate surface area is 273 Å². The van der Waals surface area contributed by atoms with Crippen molar-refractivity contribution >= 4 is 35.0 Å². The van der Waals surface area contributed by atoms with Crippen LogP contribution in [-0.2, 0) is 32.8 Å². The second-order valence-corrected chi connectivity index (χ2v) is 14.3. The minimum Gasteiger partial charge on any atom is -0.369 e. The molecule has 4 amide bonds. The summed E-state index contributed by atoms with van der Waals surface area (Å²) in [5.74, 6) is -2.06. The molecule has 1 spiro atoms. The molecule has 0 unspecified atom stereocenters. The van der Waals surface area contributed by atoms with E-state index in [2.05, 4.69) is 16.0 Å². The van der Waals surface area contributed by atoms with E-state index >= 15 is 0 Å². The number of rotatable bonds is 2. The van der Waals surface area contributed by atoms with Crippen molar-refractivity contribution in [2.45, 2.75) is 76.5 Å². The highest BCUT2D eigenvalue weighted by atomic mass is 32.1. The van der Waals surface area contributed by atoms with Crippen molar-refractivity contribution in [2.75, 3.05) is 45.9 Å². The molecule has 4 aliphatic heterocycles. The molecule has 5 heterocycles. The van der Waals surface area contributed by atoms with Crippen molar-refractivity contribution in [1.82, 2.24) is 25.8 Å². The lowest BCUT2D eigenvalue weighted by molar-refractivity contribution is -0.126. The molecular formula is C34H44FN5O5S. The highest BCUT2D eigenvalue weighted by molar-refractivity contribution is 7.14. The maximum atomic E-state index is 14.9. The molecule has 248 valence electrons. The second kappa shape index (κ2) is 13.8. The monoisotopic (exact) mass is 653 g/mol. The zero-order valence-electron chi connectivity index (χ0n) is 26.7. The first-order valence-corrected chi connectivity index (χ1v) is 17.4. The summed E-state index contributed by atoms with van der Waals surface area (Å²) in [4.78, 5) is 59.4. The Hall–Kier alpha value is -3.35. The van der Waals surface area contributed by atoms with Crippen LogP contribution in [0, 0.1) is 11.7 Å². The number of hydrogen-bond donors (Lipinski definition) is 3. The van der Waals surface area contributed by atoms with Gasteiger partial charge in [0.05, 0.1) is 23.6 Å². The molecular weight excluding hydrogens is 609 g/mol. The van der Waals surface area contributed by atoms with E-state index in [1.54, 1.807) is 17.0 Å². The molecule has 0 radical (unpaired) electrons. The van der Waals surface area contributed by atoms with Crippen molar-refractivity contribution in [1.29, 1.82) is 0 Å². The van der Waals surface area contributed by atoms with Crippen molar-refractivity contribution in [3.05, 3.63) is 56.5 Å². The molecule has 4 aliphatic rings. The first-order chi connectivity index (χ1) is 22.1. The van der Waals surface area contributed by atoms with Crippen molar-refractivity contribution in [2.24, 2.45) is 5.92 Å². The normalized spacial score (nSPS) is 24.3. The Morgan fingerprint density at radius 2 is 1.89 bits per heavy atom. The van der Waals surface area contributed by atoms with E-state index in [9.17, 15) is 23.6 Å². The molecule has 2 atom stereocenters. The average molecular weight is 654 g/mol. The number of fused-ring (bicyclic) bond motifs is 5. The molecule has 2 aromatic rings. The van der Waals surface area contributed by atoms with Crippen LogP contribution in [0.4, 0.5) is 4.39 Å². The molecule has 46 heavy (non-hydrogen) atoms. The Morgan fingerprint density at radius 3 is 2.67 bits per heavy atom. The summed E-state index contributed by atoms with van der Waals surface area (Å²) in [6.07, 6.45) is 4.64. The lowest BCUT2D eigenvalue weighted by Gasteiger charge is -2.40. The van der Waals surface area contributed by atoms with Crippen LogP contribution >= 0.6 is 11.3 Å². The highest BCUT2D eigenvalue weighted by Gasteiger charge is 2.42. The van der Waals surface area contributed by atoms with Crippen LogP contribution < -0.4 is 16.0 Å². The summed E-state index contributed by atoms with van der Waals surface area (Å²) < 4.78 is 21.2. The summed E-state index contributed by atoms with van der Waals surface area (Å²) in [7, 11) is 0. The van der Waals surface area contributed by atoms with Gasteiger partial charge in [-0.15, -0.1) is 11.3 Å². The van der Waals surface area contributed by atoms with Crippen molar-refractivity contribution in [3.63, 3.8) is 0 Å². The van der Waals surface area contributed by atoms with E-state index in [0.717, 1.165) is 48.4 Å². The maximum Gasteiger partial charge on any atom is 0.264 e. The van der Waals surface area contributed by atoms with Gasteiger partial charge in [0.15, 0.2) is 0 Å². The van der Waals surface area contributed by atoms with Gasteiger partial charge < -0.3 is 30.5 Å². The zero-order valence-corrected chi connectivity index (χ0v) is 27.5.